The minimum atomic E-state index is -0.997. The predicted molar refractivity (Wildman–Crippen MR) is 71.1 cm³/mol. The fourth-order valence-electron chi connectivity index (χ4n) is 1.99. The van der Waals surface area contributed by atoms with E-state index in [0.29, 0.717) is 24.9 Å². The van der Waals surface area contributed by atoms with E-state index in [-0.39, 0.29) is 11.3 Å². The molecule has 112 valence electrons. The van der Waals surface area contributed by atoms with Gasteiger partial charge in [-0.15, -0.1) is 5.10 Å². The molecule has 8 heteroatoms. The number of ether oxygens (including phenoxy) is 1. The van der Waals surface area contributed by atoms with E-state index >= 15 is 0 Å². The summed E-state index contributed by atoms with van der Waals surface area (Å²) < 4.78 is 33.4. The van der Waals surface area contributed by atoms with Gasteiger partial charge < -0.3 is 10.5 Å². The minimum absolute atomic E-state index is 0.0869. The Morgan fingerprint density at radius 1 is 1.29 bits per heavy atom. The SMILES string of the molecule is Nc1cc(F)c(F)cc1-c1nnnn1CCOCC1CC1. The molecule has 0 atom stereocenters. The molecule has 0 unspecified atom stereocenters. The van der Waals surface area contributed by atoms with Crippen molar-refractivity contribution in [3.63, 3.8) is 0 Å². The maximum absolute atomic E-state index is 13.4. The molecule has 2 aromatic rings. The number of nitrogens with zero attached hydrogens (tertiary/aromatic N) is 4. The van der Waals surface area contributed by atoms with Crippen LogP contribution in [0, 0.1) is 17.6 Å². The van der Waals surface area contributed by atoms with Gasteiger partial charge in [-0.25, -0.2) is 13.5 Å². The molecule has 0 saturated heterocycles. The summed E-state index contributed by atoms with van der Waals surface area (Å²) in [5.74, 6) is -1.01. The van der Waals surface area contributed by atoms with Crippen LogP contribution in [0.2, 0.25) is 0 Å². The zero-order valence-corrected chi connectivity index (χ0v) is 11.3. The Morgan fingerprint density at radius 2 is 2.05 bits per heavy atom. The minimum Gasteiger partial charge on any atom is -0.398 e. The lowest BCUT2D eigenvalue weighted by atomic mass is 10.1. The Morgan fingerprint density at radius 3 is 2.81 bits per heavy atom. The van der Waals surface area contributed by atoms with Crippen molar-refractivity contribution in [3.8, 4) is 11.4 Å². The van der Waals surface area contributed by atoms with Gasteiger partial charge in [-0.1, -0.05) is 0 Å². The van der Waals surface area contributed by atoms with Crippen molar-refractivity contribution in [1.29, 1.82) is 0 Å². The molecule has 3 rings (SSSR count). The topological polar surface area (TPSA) is 78.9 Å². The van der Waals surface area contributed by atoms with Crippen molar-refractivity contribution in [2.75, 3.05) is 18.9 Å². The Balaban J connectivity index is 1.73. The average molecular weight is 295 g/mol. The summed E-state index contributed by atoms with van der Waals surface area (Å²) in [5.41, 5.74) is 6.06. The quantitative estimate of drug-likeness (QED) is 0.647. The number of tetrazole rings is 1. The van der Waals surface area contributed by atoms with Crippen LogP contribution in [0.25, 0.3) is 11.4 Å². The van der Waals surface area contributed by atoms with Crippen molar-refractivity contribution in [2.24, 2.45) is 5.92 Å². The number of hydrogen-bond donors (Lipinski definition) is 1. The van der Waals surface area contributed by atoms with Gasteiger partial charge in [0.05, 0.1) is 13.2 Å². The molecule has 1 aromatic heterocycles. The van der Waals surface area contributed by atoms with Crippen molar-refractivity contribution in [3.05, 3.63) is 23.8 Å². The van der Waals surface area contributed by atoms with Crippen LogP contribution in [-0.2, 0) is 11.3 Å². The first-order valence-electron chi connectivity index (χ1n) is 6.74. The van der Waals surface area contributed by atoms with Crippen LogP contribution in [0.15, 0.2) is 12.1 Å². The molecule has 1 saturated carbocycles. The highest BCUT2D eigenvalue weighted by Crippen LogP contribution is 2.29. The molecule has 6 nitrogen and oxygen atoms in total. The molecule has 21 heavy (non-hydrogen) atoms. The van der Waals surface area contributed by atoms with E-state index in [2.05, 4.69) is 15.5 Å². The van der Waals surface area contributed by atoms with E-state index < -0.39 is 11.6 Å². The fraction of sp³-hybridized carbons (Fsp3) is 0.462. The lowest BCUT2D eigenvalue weighted by Gasteiger charge is -2.08. The van der Waals surface area contributed by atoms with Crippen molar-refractivity contribution < 1.29 is 13.5 Å². The zero-order valence-electron chi connectivity index (χ0n) is 11.3. The van der Waals surface area contributed by atoms with Crippen LogP contribution in [0.4, 0.5) is 14.5 Å². The van der Waals surface area contributed by atoms with Crippen molar-refractivity contribution in [2.45, 2.75) is 19.4 Å². The predicted octanol–water partition coefficient (Wildman–Crippen LogP) is 1.63. The summed E-state index contributed by atoms with van der Waals surface area (Å²) in [6.07, 6.45) is 2.45. The molecule has 0 radical (unpaired) electrons. The summed E-state index contributed by atoms with van der Waals surface area (Å²) in [7, 11) is 0. The van der Waals surface area contributed by atoms with Gasteiger partial charge in [0.15, 0.2) is 17.5 Å². The van der Waals surface area contributed by atoms with Gasteiger partial charge in [-0.05, 0) is 35.3 Å². The van der Waals surface area contributed by atoms with E-state index in [1.54, 1.807) is 0 Å². The second-order valence-corrected chi connectivity index (χ2v) is 5.10. The van der Waals surface area contributed by atoms with Gasteiger partial charge in [-0.2, -0.15) is 0 Å². The number of halogens is 2. The smallest absolute Gasteiger partial charge is 0.184 e. The Hall–Kier alpha value is -2.09. The van der Waals surface area contributed by atoms with Crippen molar-refractivity contribution >= 4 is 5.69 Å². The fourth-order valence-corrected chi connectivity index (χ4v) is 1.99. The molecule has 1 aromatic carbocycles. The van der Waals surface area contributed by atoms with E-state index in [4.69, 9.17) is 10.5 Å². The van der Waals surface area contributed by atoms with E-state index in [9.17, 15) is 8.78 Å². The molecule has 1 aliphatic rings. The van der Waals surface area contributed by atoms with Gasteiger partial charge in [0.2, 0.25) is 0 Å². The van der Waals surface area contributed by atoms with Gasteiger partial charge in [0, 0.05) is 23.9 Å². The number of benzene rings is 1. The van der Waals surface area contributed by atoms with Crippen LogP contribution in [0.1, 0.15) is 12.8 Å². The third-order valence-corrected chi connectivity index (χ3v) is 3.36. The highest BCUT2D eigenvalue weighted by atomic mass is 19.2. The lowest BCUT2D eigenvalue weighted by Crippen LogP contribution is -2.11. The van der Waals surface area contributed by atoms with E-state index in [1.165, 1.54) is 17.5 Å². The number of nitrogen functional groups attached to an aromatic ring is 1. The number of anilines is 1. The second-order valence-electron chi connectivity index (χ2n) is 5.10. The summed E-state index contributed by atoms with van der Waals surface area (Å²) in [6, 6.07) is 1.92. The first-order valence-corrected chi connectivity index (χ1v) is 6.74. The largest absolute Gasteiger partial charge is 0.398 e. The molecular formula is C13H15F2N5O. The Kier molecular flexibility index (Phi) is 3.78. The van der Waals surface area contributed by atoms with Crippen LogP contribution in [-0.4, -0.2) is 33.4 Å². The molecule has 0 amide bonds. The monoisotopic (exact) mass is 295 g/mol. The first kappa shape index (κ1) is 13.9. The molecular weight excluding hydrogens is 280 g/mol. The van der Waals surface area contributed by atoms with Gasteiger partial charge in [-0.3, -0.25) is 0 Å². The Bertz CT molecular complexity index is 641. The summed E-state index contributed by atoms with van der Waals surface area (Å²) in [6.45, 7) is 1.62. The third kappa shape index (κ3) is 3.15. The lowest BCUT2D eigenvalue weighted by molar-refractivity contribution is 0.114. The molecule has 0 bridgehead atoms. The summed E-state index contributed by atoms with van der Waals surface area (Å²) in [5, 5.41) is 11.2. The molecule has 1 aliphatic carbocycles. The zero-order chi connectivity index (χ0) is 14.8. The standard InChI is InChI=1S/C13H15F2N5O/c14-10-5-9(12(16)6-11(10)15)13-17-18-19-20(13)3-4-21-7-8-1-2-8/h5-6,8H,1-4,7,16H2. The van der Waals surface area contributed by atoms with Crippen molar-refractivity contribution in [1.82, 2.24) is 20.2 Å². The molecule has 1 fully saturated rings. The number of rotatable bonds is 6. The number of aromatic nitrogens is 4. The van der Waals surface area contributed by atoms with Crippen LogP contribution < -0.4 is 5.73 Å². The van der Waals surface area contributed by atoms with Crippen LogP contribution in [0.5, 0.6) is 0 Å². The molecule has 1 heterocycles. The van der Waals surface area contributed by atoms with E-state index in [0.717, 1.165) is 18.7 Å². The maximum Gasteiger partial charge on any atom is 0.184 e. The normalized spacial score (nSPS) is 14.6. The number of hydrogen-bond acceptors (Lipinski definition) is 5. The highest BCUT2D eigenvalue weighted by molar-refractivity contribution is 5.71. The average Bonchev–Trinajstić information content (AvgIpc) is 3.16. The summed E-state index contributed by atoms with van der Waals surface area (Å²) in [4.78, 5) is 0. The van der Waals surface area contributed by atoms with Crippen LogP contribution in [0.3, 0.4) is 0 Å². The third-order valence-electron chi connectivity index (χ3n) is 3.36. The Labute approximate surface area is 119 Å². The highest BCUT2D eigenvalue weighted by Gasteiger charge is 2.21. The molecule has 0 spiro atoms. The van der Waals surface area contributed by atoms with Gasteiger partial charge >= 0.3 is 0 Å². The van der Waals surface area contributed by atoms with Gasteiger partial charge in [0.25, 0.3) is 0 Å². The van der Waals surface area contributed by atoms with E-state index in [1.807, 2.05) is 0 Å². The first-order chi connectivity index (χ1) is 10.1. The maximum atomic E-state index is 13.4. The van der Waals surface area contributed by atoms with Crippen LogP contribution >= 0.6 is 0 Å². The molecule has 2 N–H and O–H groups in total. The summed E-state index contributed by atoms with van der Waals surface area (Å²) >= 11 is 0. The molecule has 0 aliphatic heterocycles. The second kappa shape index (κ2) is 5.72. The number of nitrogens with two attached hydrogens (primary N) is 1. The van der Waals surface area contributed by atoms with Gasteiger partial charge in [0.1, 0.15) is 0 Å².